The van der Waals surface area contributed by atoms with Gasteiger partial charge >= 0.3 is 6.09 Å². The fourth-order valence-electron chi connectivity index (χ4n) is 3.89. The molecule has 0 fully saturated rings. The molecule has 9 heteroatoms. The van der Waals surface area contributed by atoms with Gasteiger partial charge in [0.05, 0.1) is 32.4 Å². The van der Waals surface area contributed by atoms with Gasteiger partial charge in [0.1, 0.15) is 0 Å². The molecule has 2 atom stereocenters. The first-order valence-electron chi connectivity index (χ1n) is 10.2. The molecule has 1 aliphatic rings. The average molecular weight is 481 g/mol. The quantitative estimate of drug-likeness (QED) is 0.617. The number of anilines is 1. The highest BCUT2D eigenvalue weighted by molar-refractivity contribution is 6.33. The van der Waals surface area contributed by atoms with Gasteiger partial charge in [-0.2, -0.15) is 0 Å². The molecular formula is C23H26Cl2N2O5. The van der Waals surface area contributed by atoms with E-state index in [1.54, 1.807) is 42.2 Å². The van der Waals surface area contributed by atoms with Crippen LogP contribution in [0.4, 0.5) is 10.5 Å². The molecule has 0 saturated carbocycles. The number of hydrogen-bond donors (Lipinski definition) is 1. The number of nitrogens with one attached hydrogen (secondary N) is 1. The highest BCUT2D eigenvalue weighted by Crippen LogP contribution is 2.45. The lowest BCUT2D eigenvalue weighted by Crippen LogP contribution is -2.46. The molecule has 0 aliphatic carbocycles. The maximum atomic E-state index is 13.2. The predicted molar refractivity (Wildman–Crippen MR) is 124 cm³/mol. The second kappa shape index (κ2) is 10.3. The molecule has 3 rings (SSSR count). The third kappa shape index (κ3) is 4.89. The van der Waals surface area contributed by atoms with Crippen molar-refractivity contribution < 1.29 is 23.8 Å². The summed E-state index contributed by atoms with van der Waals surface area (Å²) in [5, 5.41) is 4.00. The summed E-state index contributed by atoms with van der Waals surface area (Å²) in [6.45, 7) is 4.10. The molecule has 2 amide bonds. The van der Waals surface area contributed by atoms with Crippen LogP contribution < -0.4 is 19.7 Å². The minimum absolute atomic E-state index is 0.190. The first-order chi connectivity index (χ1) is 15.3. The minimum Gasteiger partial charge on any atom is -0.493 e. The number of nitrogens with zero attached hydrogens (tertiary/aromatic N) is 1. The Kier molecular flexibility index (Phi) is 7.74. The lowest BCUT2D eigenvalue weighted by molar-refractivity contribution is -0.123. The van der Waals surface area contributed by atoms with Crippen molar-refractivity contribution in [3.8, 4) is 11.5 Å². The molecule has 1 heterocycles. The second-order valence-electron chi connectivity index (χ2n) is 7.43. The van der Waals surface area contributed by atoms with E-state index in [1.807, 2.05) is 6.92 Å². The maximum Gasteiger partial charge on any atom is 0.414 e. The van der Waals surface area contributed by atoms with Crippen LogP contribution in [0.3, 0.4) is 0 Å². The van der Waals surface area contributed by atoms with Gasteiger partial charge in [-0.25, -0.2) is 4.79 Å². The molecule has 0 aromatic heterocycles. The van der Waals surface area contributed by atoms with Crippen LogP contribution in [0.15, 0.2) is 30.3 Å². The van der Waals surface area contributed by atoms with Gasteiger partial charge in [-0.1, -0.05) is 23.2 Å². The molecule has 1 N–H and O–H groups in total. The Morgan fingerprint density at radius 2 is 1.81 bits per heavy atom. The largest absolute Gasteiger partial charge is 0.493 e. The van der Waals surface area contributed by atoms with Crippen molar-refractivity contribution in [3.05, 3.63) is 51.5 Å². The highest BCUT2D eigenvalue weighted by Gasteiger charge is 2.39. The van der Waals surface area contributed by atoms with Crippen molar-refractivity contribution in [2.75, 3.05) is 25.7 Å². The summed E-state index contributed by atoms with van der Waals surface area (Å²) in [4.78, 5) is 27.5. The van der Waals surface area contributed by atoms with Crippen molar-refractivity contribution >= 4 is 40.9 Å². The van der Waals surface area contributed by atoms with Gasteiger partial charge in [0.2, 0.25) is 5.91 Å². The minimum atomic E-state index is -0.511. The summed E-state index contributed by atoms with van der Waals surface area (Å²) in [5.74, 6) is 0.230. The molecule has 0 spiro atoms. The Bertz CT molecular complexity index is 1010. The lowest BCUT2D eigenvalue weighted by Gasteiger charge is -2.38. The van der Waals surface area contributed by atoms with Gasteiger partial charge in [-0.15, -0.1) is 0 Å². The summed E-state index contributed by atoms with van der Waals surface area (Å²) in [7, 11) is 3.04. The Hall–Kier alpha value is -2.64. The predicted octanol–water partition coefficient (Wildman–Crippen LogP) is 5.17. The highest BCUT2D eigenvalue weighted by atomic mass is 35.5. The summed E-state index contributed by atoms with van der Waals surface area (Å²) < 4.78 is 16.1. The van der Waals surface area contributed by atoms with E-state index in [-0.39, 0.29) is 25.1 Å². The number of amides is 2. The third-order valence-electron chi connectivity index (χ3n) is 5.43. The van der Waals surface area contributed by atoms with Gasteiger partial charge in [-0.05, 0) is 55.7 Å². The van der Waals surface area contributed by atoms with Crippen LogP contribution >= 0.6 is 23.2 Å². The van der Waals surface area contributed by atoms with Gasteiger partial charge in [0.15, 0.2) is 11.5 Å². The van der Waals surface area contributed by atoms with E-state index in [0.29, 0.717) is 39.2 Å². The van der Waals surface area contributed by atoms with E-state index in [2.05, 4.69) is 5.32 Å². The van der Waals surface area contributed by atoms with Crippen LogP contribution in [-0.4, -0.2) is 38.9 Å². The molecule has 0 radical (unpaired) electrons. The second-order valence-corrected chi connectivity index (χ2v) is 8.27. The zero-order valence-electron chi connectivity index (χ0n) is 18.4. The monoisotopic (exact) mass is 480 g/mol. The van der Waals surface area contributed by atoms with E-state index in [0.717, 1.165) is 5.56 Å². The Morgan fingerprint density at radius 1 is 1.12 bits per heavy atom. The number of halogens is 2. The molecule has 0 bridgehead atoms. The van der Waals surface area contributed by atoms with E-state index >= 15 is 0 Å². The van der Waals surface area contributed by atoms with E-state index in [4.69, 9.17) is 37.4 Å². The molecule has 2 aromatic rings. The number of rotatable bonds is 6. The van der Waals surface area contributed by atoms with Crippen molar-refractivity contribution in [2.24, 2.45) is 0 Å². The maximum absolute atomic E-state index is 13.2. The van der Waals surface area contributed by atoms with Gasteiger partial charge in [-0.3, -0.25) is 9.69 Å². The Morgan fingerprint density at radius 3 is 2.47 bits per heavy atom. The van der Waals surface area contributed by atoms with Gasteiger partial charge < -0.3 is 19.5 Å². The first kappa shape index (κ1) is 24.0. The number of methoxy groups -OCH3 is 2. The molecule has 172 valence electrons. The van der Waals surface area contributed by atoms with Gasteiger partial charge in [0, 0.05) is 28.7 Å². The Labute approximate surface area is 197 Å². The molecule has 0 saturated heterocycles. The number of carbonyl (C=O) groups is 2. The molecule has 32 heavy (non-hydrogen) atoms. The van der Waals surface area contributed by atoms with Crippen LogP contribution in [0.1, 0.15) is 37.3 Å². The summed E-state index contributed by atoms with van der Waals surface area (Å²) in [5.41, 5.74) is 1.93. The van der Waals surface area contributed by atoms with Crippen LogP contribution in [0, 0.1) is 0 Å². The fraction of sp³-hybridized carbons (Fsp3) is 0.391. The summed E-state index contributed by atoms with van der Waals surface area (Å²) in [6, 6.07) is 8.27. The number of carbonyl (C=O) groups excluding carboxylic acids is 2. The molecule has 1 aliphatic heterocycles. The summed E-state index contributed by atoms with van der Waals surface area (Å²) >= 11 is 12.3. The number of ether oxygens (including phenoxy) is 3. The standard InChI is InChI=1S/C23H26Cl2N2O5/c1-5-32-23(29)27-13(2)8-17(16-10-20(30-3)21(31-4)11-19(16)27)22(28)26-12-14-9-15(24)6-7-18(14)25/h6-7,9-11,13,17H,5,8,12H2,1-4H3,(H,26,28). The molecule has 7 nitrogen and oxygen atoms in total. The van der Waals surface area contributed by atoms with Crippen molar-refractivity contribution in [1.82, 2.24) is 5.32 Å². The van der Waals surface area contributed by atoms with Crippen LogP contribution in [0.2, 0.25) is 10.0 Å². The van der Waals surface area contributed by atoms with E-state index in [9.17, 15) is 9.59 Å². The van der Waals surface area contributed by atoms with Crippen molar-refractivity contribution in [1.29, 1.82) is 0 Å². The average Bonchev–Trinajstić information content (AvgIpc) is 2.77. The number of fused-ring (bicyclic) bond motifs is 1. The van der Waals surface area contributed by atoms with Crippen molar-refractivity contribution in [3.63, 3.8) is 0 Å². The molecular weight excluding hydrogens is 455 g/mol. The number of benzene rings is 2. The topological polar surface area (TPSA) is 77.1 Å². The van der Waals surface area contributed by atoms with E-state index < -0.39 is 12.0 Å². The number of hydrogen-bond acceptors (Lipinski definition) is 5. The van der Waals surface area contributed by atoms with Crippen molar-refractivity contribution in [2.45, 2.75) is 38.8 Å². The molecule has 2 unspecified atom stereocenters. The van der Waals surface area contributed by atoms with E-state index in [1.165, 1.54) is 14.2 Å². The first-order valence-corrected chi connectivity index (χ1v) is 11.0. The zero-order valence-corrected chi connectivity index (χ0v) is 19.9. The SMILES string of the molecule is CCOC(=O)N1c2cc(OC)c(OC)cc2C(C(=O)NCc2cc(Cl)ccc2Cl)CC1C. The normalized spacial score (nSPS) is 17.4. The smallest absolute Gasteiger partial charge is 0.414 e. The fourth-order valence-corrected chi connectivity index (χ4v) is 4.27. The lowest BCUT2D eigenvalue weighted by atomic mass is 9.85. The van der Waals surface area contributed by atoms with Crippen LogP contribution in [0.25, 0.3) is 0 Å². The Balaban J connectivity index is 1.96. The molecule has 2 aromatic carbocycles. The summed E-state index contributed by atoms with van der Waals surface area (Å²) in [6.07, 6.45) is -0.0609. The van der Waals surface area contributed by atoms with Crippen LogP contribution in [-0.2, 0) is 16.1 Å². The van der Waals surface area contributed by atoms with Crippen LogP contribution in [0.5, 0.6) is 11.5 Å². The van der Waals surface area contributed by atoms with Gasteiger partial charge in [0.25, 0.3) is 0 Å². The third-order valence-corrected chi connectivity index (χ3v) is 6.03. The zero-order chi connectivity index (χ0) is 23.4.